The summed E-state index contributed by atoms with van der Waals surface area (Å²) in [5.41, 5.74) is -0.295. The average molecular weight is 394 g/mol. The smallest absolute Gasteiger partial charge is 0.340 e. The molecule has 148 valence electrons. The van der Waals surface area contributed by atoms with Crippen LogP contribution in [-0.2, 0) is 11.0 Å². The summed E-state index contributed by atoms with van der Waals surface area (Å²) in [4.78, 5) is 23.2. The molecule has 5 nitrogen and oxygen atoms in total. The van der Waals surface area contributed by atoms with Gasteiger partial charge in [0.05, 0.1) is 6.04 Å². The van der Waals surface area contributed by atoms with E-state index in [1.807, 2.05) is 0 Å². The van der Waals surface area contributed by atoms with E-state index in [0.717, 1.165) is 12.3 Å². The molecule has 3 heterocycles. The summed E-state index contributed by atoms with van der Waals surface area (Å²) in [6.45, 7) is 2.79. The molecule has 4 rings (SSSR count). The molecule has 1 amide bonds. The summed E-state index contributed by atoms with van der Waals surface area (Å²) >= 11 is 0. The number of benzene rings is 1. The van der Waals surface area contributed by atoms with Crippen LogP contribution in [0.25, 0.3) is 0 Å². The number of carbonyl (C=O) groups excluding carboxylic acids is 1. The molecular formula is C19H18F4N4O. The summed E-state index contributed by atoms with van der Waals surface area (Å²) in [6, 6.07) is 6.63. The topological polar surface area (TPSA) is 49.3 Å². The van der Waals surface area contributed by atoms with Gasteiger partial charge in [-0.1, -0.05) is 12.1 Å². The number of hydrogen-bond donors (Lipinski definition) is 0. The quantitative estimate of drug-likeness (QED) is 0.734. The predicted molar refractivity (Wildman–Crippen MR) is 92.8 cm³/mol. The van der Waals surface area contributed by atoms with Crippen molar-refractivity contribution in [3.63, 3.8) is 0 Å². The van der Waals surface area contributed by atoms with Crippen molar-refractivity contribution in [3.05, 3.63) is 53.6 Å². The number of amides is 1. The minimum absolute atomic E-state index is 0.0246. The highest BCUT2D eigenvalue weighted by Crippen LogP contribution is 2.45. The number of fused-ring (bicyclic) bond motifs is 1. The molecule has 2 fully saturated rings. The second-order valence-corrected chi connectivity index (χ2v) is 7.24. The molecule has 0 bridgehead atoms. The Hall–Kier alpha value is -2.71. The number of rotatable bonds is 2. The van der Waals surface area contributed by atoms with Crippen molar-refractivity contribution in [2.24, 2.45) is 11.8 Å². The molecule has 0 aliphatic carbocycles. The number of hydrogen-bond acceptors (Lipinski definition) is 4. The fourth-order valence-electron chi connectivity index (χ4n) is 4.31. The molecular weight excluding hydrogens is 376 g/mol. The number of likely N-dealkylation sites (tertiary alicyclic amines) is 1. The van der Waals surface area contributed by atoms with Crippen LogP contribution < -0.4 is 4.90 Å². The van der Waals surface area contributed by atoms with Crippen LogP contribution >= 0.6 is 0 Å². The van der Waals surface area contributed by atoms with Gasteiger partial charge in [0, 0.05) is 44.6 Å². The Kier molecular flexibility index (Phi) is 4.47. The lowest BCUT2D eigenvalue weighted by Gasteiger charge is -2.29. The summed E-state index contributed by atoms with van der Waals surface area (Å²) < 4.78 is 52.6. The van der Waals surface area contributed by atoms with Crippen LogP contribution in [0.4, 0.5) is 23.5 Å². The van der Waals surface area contributed by atoms with Crippen molar-refractivity contribution < 1.29 is 22.4 Å². The maximum absolute atomic E-state index is 13.7. The second kappa shape index (κ2) is 6.72. The largest absolute Gasteiger partial charge is 0.433 e. The Labute approximate surface area is 159 Å². The lowest BCUT2D eigenvalue weighted by molar-refractivity contribution is -0.141. The van der Waals surface area contributed by atoms with E-state index in [2.05, 4.69) is 9.97 Å². The van der Waals surface area contributed by atoms with Crippen LogP contribution in [-0.4, -0.2) is 40.4 Å². The minimum Gasteiger partial charge on any atom is -0.340 e. The summed E-state index contributed by atoms with van der Waals surface area (Å²) in [5, 5.41) is 0. The van der Waals surface area contributed by atoms with Crippen molar-refractivity contribution in [2.45, 2.75) is 19.1 Å². The van der Waals surface area contributed by atoms with E-state index in [0.29, 0.717) is 25.2 Å². The number of aromatic nitrogens is 2. The first-order valence-electron chi connectivity index (χ1n) is 8.92. The normalized spacial score (nSPS) is 24.5. The number of alkyl halides is 3. The van der Waals surface area contributed by atoms with Crippen LogP contribution in [0.3, 0.4) is 0 Å². The summed E-state index contributed by atoms with van der Waals surface area (Å²) in [7, 11) is 0. The molecule has 0 unspecified atom stereocenters. The first-order valence-corrected chi connectivity index (χ1v) is 8.92. The van der Waals surface area contributed by atoms with Crippen LogP contribution in [0.2, 0.25) is 0 Å². The third-order valence-electron chi connectivity index (χ3n) is 5.47. The minimum atomic E-state index is -4.54. The molecule has 1 aromatic heterocycles. The fourth-order valence-corrected chi connectivity index (χ4v) is 4.31. The Morgan fingerprint density at radius 2 is 1.96 bits per heavy atom. The first kappa shape index (κ1) is 18.6. The highest BCUT2D eigenvalue weighted by Gasteiger charge is 2.49. The maximum atomic E-state index is 13.7. The Balaban J connectivity index is 1.63. The standard InChI is InChI=1S/C19H18F4N4O/c1-11(28)27-9-13-8-26(18-24-6-5-16(25-18)19(21,22)23)10-15(13)17(27)12-3-2-4-14(20)7-12/h2-7,13,15,17H,8-10H2,1H3/t13-,15-,17-/m1/s1. The molecule has 2 aliphatic heterocycles. The average Bonchev–Trinajstić information content (AvgIpc) is 3.19. The van der Waals surface area contributed by atoms with E-state index in [1.54, 1.807) is 21.9 Å². The van der Waals surface area contributed by atoms with Gasteiger partial charge >= 0.3 is 6.18 Å². The van der Waals surface area contributed by atoms with E-state index < -0.39 is 11.9 Å². The van der Waals surface area contributed by atoms with Crippen LogP contribution in [0.15, 0.2) is 36.5 Å². The summed E-state index contributed by atoms with van der Waals surface area (Å²) in [6.07, 6.45) is -3.44. The van der Waals surface area contributed by atoms with Gasteiger partial charge in [-0.2, -0.15) is 13.2 Å². The molecule has 2 aromatic rings. The zero-order valence-corrected chi connectivity index (χ0v) is 15.0. The van der Waals surface area contributed by atoms with Gasteiger partial charge in [0.2, 0.25) is 11.9 Å². The number of anilines is 1. The molecule has 3 atom stereocenters. The monoisotopic (exact) mass is 394 g/mol. The summed E-state index contributed by atoms with van der Waals surface area (Å²) in [5.74, 6) is -0.457. The van der Waals surface area contributed by atoms with Gasteiger partial charge in [-0.15, -0.1) is 0 Å². The van der Waals surface area contributed by atoms with Gasteiger partial charge in [0.15, 0.2) is 0 Å². The van der Waals surface area contributed by atoms with Crippen molar-refractivity contribution in [3.8, 4) is 0 Å². The molecule has 0 N–H and O–H groups in total. The second-order valence-electron chi connectivity index (χ2n) is 7.24. The molecule has 1 aromatic carbocycles. The number of nitrogens with zero attached hydrogens (tertiary/aromatic N) is 4. The SMILES string of the molecule is CC(=O)N1C[C@H]2CN(c3nccc(C(F)(F)F)n3)C[C@H]2[C@H]1c1cccc(F)c1. The lowest BCUT2D eigenvalue weighted by Crippen LogP contribution is -2.35. The van der Waals surface area contributed by atoms with E-state index in [-0.39, 0.29) is 35.6 Å². The van der Waals surface area contributed by atoms with Crippen LogP contribution in [0.5, 0.6) is 0 Å². The third-order valence-corrected chi connectivity index (χ3v) is 5.47. The molecule has 9 heteroatoms. The molecule has 0 saturated carbocycles. The lowest BCUT2D eigenvalue weighted by atomic mass is 9.89. The van der Waals surface area contributed by atoms with E-state index >= 15 is 0 Å². The number of carbonyl (C=O) groups is 1. The zero-order valence-electron chi connectivity index (χ0n) is 15.0. The van der Waals surface area contributed by atoms with Gasteiger partial charge in [-0.3, -0.25) is 4.79 Å². The molecule has 0 radical (unpaired) electrons. The fraction of sp³-hybridized carbons (Fsp3) is 0.421. The maximum Gasteiger partial charge on any atom is 0.433 e. The van der Waals surface area contributed by atoms with Crippen molar-refractivity contribution >= 4 is 11.9 Å². The number of halogens is 4. The van der Waals surface area contributed by atoms with Gasteiger partial charge in [0.1, 0.15) is 11.5 Å². The van der Waals surface area contributed by atoms with Crippen LogP contribution in [0.1, 0.15) is 24.2 Å². The highest BCUT2D eigenvalue weighted by atomic mass is 19.4. The Morgan fingerprint density at radius 1 is 1.18 bits per heavy atom. The predicted octanol–water partition coefficient (Wildman–Crippen LogP) is 3.29. The Morgan fingerprint density at radius 3 is 2.64 bits per heavy atom. The molecule has 28 heavy (non-hydrogen) atoms. The van der Waals surface area contributed by atoms with Crippen molar-refractivity contribution in [1.82, 2.24) is 14.9 Å². The zero-order chi connectivity index (χ0) is 20.1. The van der Waals surface area contributed by atoms with Gasteiger partial charge in [-0.05, 0) is 23.8 Å². The van der Waals surface area contributed by atoms with Gasteiger partial charge < -0.3 is 9.80 Å². The van der Waals surface area contributed by atoms with Crippen molar-refractivity contribution in [1.29, 1.82) is 0 Å². The highest BCUT2D eigenvalue weighted by molar-refractivity contribution is 5.74. The van der Waals surface area contributed by atoms with E-state index in [1.165, 1.54) is 19.1 Å². The van der Waals surface area contributed by atoms with Gasteiger partial charge in [0.25, 0.3) is 0 Å². The third kappa shape index (κ3) is 3.29. The molecule has 0 spiro atoms. The Bertz CT molecular complexity index is 903. The van der Waals surface area contributed by atoms with Gasteiger partial charge in [-0.25, -0.2) is 14.4 Å². The molecule has 2 saturated heterocycles. The van der Waals surface area contributed by atoms with E-state index in [4.69, 9.17) is 0 Å². The van der Waals surface area contributed by atoms with Crippen LogP contribution in [0, 0.1) is 17.7 Å². The first-order chi connectivity index (χ1) is 13.2. The van der Waals surface area contributed by atoms with E-state index in [9.17, 15) is 22.4 Å². The molecule has 2 aliphatic rings. The van der Waals surface area contributed by atoms with Crippen molar-refractivity contribution in [2.75, 3.05) is 24.5 Å².